The van der Waals surface area contributed by atoms with Gasteiger partial charge in [0.05, 0.1) is 11.4 Å². The molecule has 0 aliphatic carbocycles. The Balaban J connectivity index is 2.46. The van der Waals surface area contributed by atoms with Gasteiger partial charge in [-0.3, -0.25) is 9.67 Å². The third kappa shape index (κ3) is 2.16. The lowest BCUT2D eigenvalue weighted by Crippen LogP contribution is -2.23. The molecule has 0 aliphatic rings. The maximum Gasteiger partial charge on any atom is 0.106 e. The molecule has 1 unspecified atom stereocenters. The molecule has 0 bridgehead atoms. The highest BCUT2D eigenvalue weighted by Gasteiger charge is 2.19. The molecule has 0 saturated heterocycles. The first-order valence-electron chi connectivity index (χ1n) is 6.34. The van der Waals surface area contributed by atoms with E-state index < -0.39 is 0 Å². The summed E-state index contributed by atoms with van der Waals surface area (Å²) >= 11 is 0. The lowest BCUT2D eigenvalue weighted by atomic mass is 10.1. The van der Waals surface area contributed by atoms with Gasteiger partial charge in [-0.05, 0) is 38.0 Å². The van der Waals surface area contributed by atoms with Crippen molar-refractivity contribution in [1.29, 1.82) is 0 Å². The van der Waals surface area contributed by atoms with Crippen LogP contribution in [-0.4, -0.2) is 21.3 Å². The fraction of sp³-hybridized carbons (Fsp3) is 0.429. The molecular formula is C14H20N4. The number of nitrogens with two attached hydrogens (primary N) is 1. The average molecular weight is 244 g/mol. The minimum Gasteiger partial charge on any atom is -0.328 e. The van der Waals surface area contributed by atoms with Gasteiger partial charge in [-0.2, -0.15) is 5.10 Å². The van der Waals surface area contributed by atoms with Crippen LogP contribution in [0.4, 0.5) is 0 Å². The molecule has 1 atom stereocenters. The Morgan fingerprint density at radius 2 is 2.11 bits per heavy atom. The molecule has 2 aromatic rings. The zero-order valence-corrected chi connectivity index (χ0v) is 11.2. The van der Waals surface area contributed by atoms with Crippen LogP contribution < -0.4 is 5.73 Å². The van der Waals surface area contributed by atoms with Crippen molar-refractivity contribution in [2.45, 2.75) is 33.2 Å². The lowest BCUT2D eigenvalue weighted by Gasteiger charge is -2.17. The molecule has 4 heteroatoms. The highest BCUT2D eigenvalue weighted by Crippen LogP contribution is 2.21. The highest BCUT2D eigenvalue weighted by atomic mass is 15.3. The second kappa shape index (κ2) is 5.31. The molecule has 0 spiro atoms. The summed E-state index contributed by atoms with van der Waals surface area (Å²) in [6.45, 7) is 6.81. The van der Waals surface area contributed by atoms with Crippen LogP contribution in [0, 0.1) is 13.8 Å². The number of pyridine rings is 1. The van der Waals surface area contributed by atoms with Gasteiger partial charge < -0.3 is 5.73 Å². The quantitative estimate of drug-likeness (QED) is 0.895. The molecule has 0 aromatic carbocycles. The van der Waals surface area contributed by atoms with Gasteiger partial charge in [0.2, 0.25) is 0 Å². The predicted molar refractivity (Wildman–Crippen MR) is 72.5 cm³/mol. The molecule has 2 aromatic heterocycles. The van der Waals surface area contributed by atoms with Crippen LogP contribution in [0.25, 0.3) is 0 Å². The fourth-order valence-corrected chi connectivity index (χ4v) is 2.43. The van der Waals surface area contributed by atoms with Crippen molar-refractivity contribution in [3.63, 3.8) is 0 Å². The first kappa shape index (κ1) is 12.8. The Hall–Kier alpha value is -1.68. The van der Waals surface area contributed by atoms with Gasteiger partial charge >= 0.3 is 0 Å². The van der Waals surface area contributed by atoms with E-state index in [1.54, 1.807) is 6.20 Å². The summed E-state index contributed by atoms with van der Waals surface area (Å²) in [4.78, 5) is 4.39. The Kier molecular flexibility index (Phi) is 3.77. The zero-order valence-electron chi connectivity index (χ0n) is 11.2. The van der Waals surface area contributed by atoms with Crippen molar-refractivity contribution < 1.29 is 0 Å². The van der Waals surface area contributed by atoms with E-state index in [1.165, 1.54) is 11.3 Å². The fourth-order valence-electron chi connectivity index (χ4n) is 2.43. The van der Waals surface area contributed by atoms with Crippen LogP contribution in [0.5, 0.6) is 0 Å². The third-order valence-electron chi connectivity index (χ3n) is 3.38. The van der Waals surface area contributed by atoms with Crippen molar-refractivity contribution in [2.75, 3.05) is 6.54 Å². The Morgan fingerprint density at radius 1 is 1.33 bits per heavy atom. The molecule has 0 fully saturated rings. The third-order valence-corrected chi connectivity index (χ3v) is 3.38. The number of hydrogen-bond donors (Lipinski definition) is 1. The van der Waals surface area contributed by atoms with E-state index in [2.05, 4.69) is 23.9 Å². The molecule has 0 radical (unpaired) electrons. The van der Waals surface area contributed by atoms with Crippen LogP contribution in [0.3, 0.4) is 0 Å². The predicted octanol–water partition coefficient (Wildman–Crippen LogP) is 2.01. The summed E-state index contributed by atoms with van der Waals surface area (Å²) in [5.41, 5.74) is 10.5. The molecule has 0 saturated carbocycles. The van der Waals surface area contributed by atoms with Crippen LogP contribution in [0.2, 0.25) is 0 Å². The van der Waals surface area contributed by atoms with E-state index in [4.69, 9.17) is 5.73 Å². The summed E-state index contributed by atoms with van der Waals surface area (Å²) in [5, 5.41) is 4.63. The maximum absolute atomic E-state index is 5.91. The van der Waals surface area contributed by atoms with Crippen molar-refractivity contribution in [3.05, 3.63) is 47.0 Å². The van der Waals surface area contributed by atoms with Gasteiger partial charge in [0.15, 0.2) is 0 Å². The normalized spacial score (nSPS) is 12.7. The molecular weight excluding hydrogens is 224 g/mol. The lowest BCUT2D eigenvalue weighted by molar-refractivity contribution is 0.505. The molecule has 18 heavy (non-hydrogen) atoms. The van der Waals surface area contributed by atoms with E-state index >= 15 is 0 Å². The number of rotatable bonds is 4. The summed E-state index contributed by atoms with van der Waals surface area (Å²) in [7, 11) is 0. The summed E-state index contributed by atoms with van der Waals surface area (Å²) in [6, 6.07) is 5.91. The molecule has 0 aliphatic heterocycles. The van der Waals surface area contributed by atoms with Crippen LogP contribution in [0.1, 0.15) is 35.6 Å². The van der Waals surface area contributed by atoms with E-state index in [0.29, 0.717) is 6.54 Å². The molecule has 96 valence electrons. The molecule has 2 rings (SSSR count). The summed E-state index contributed by atoms with van der Waals surface area (Å²) < 4.78 is 2.01. The topological polar surface area (TPSA) is 56.7 Å². The van der Waals surface area contributed by atoms with Crippen molar-refractivity contribution >= 4 is 0 Å². The second-order valence-electron chi connectivity index (χ2n) is 4.45. The minimum absolute atomic E-state index is 0.0187. The second-order valence-corrected chi connectivity index (χ2v) is 4.45. The van der Waals surface area contributed by atoms with Gasteiger partial charge in [-0.25, -0.2) is 0 Å². The Bertz CT molecular complexity index is 516. The average Bonchev–Trinajstić information content (AvgIpc) is 2.67. The van der Waals surface area contributed by atoms with Crippen molar-refractivity contribution in [2.24, 2.45) is 5.73 Å². The number of nitrogens with zero attached hydrogens (tertiary/aromatic N) is 3. The van der Waals surface area contributed by atoms with Gasteiger partial charge in [-0.1, -0.05) is 13.0 Å². The van der Waals surface area contributed by atoms with E-state index in [1.807, 2.05) is 29.8 Å². The highest BCUT2D eigenvalue weighted by molar-refractivity contribution is 5.26. The smallest absolute Gasteiger partial charge is 0.106 e. The maximum atomic E-state index is 5.91. The summed E-state index contributed by atoms with van der Waals surface area (Å²) in [6.07, 6.45) is 2.79. The molecule has 0 amide bonds. The monoisotopic (exact) mass is 244 g/mol. The van der Waals surface area contributed by atoms with E-state index in [-0.39, 0.29) is 6.04 Å². The SMILES string of the molecule is CCc1c(C)nn(C(CN)c2ccccn2)c1C. The number of aryl methyl sites for hydroxylation is 1. The van der Waals surface area contributed by atoms with Gasteiger partial charge in [0, 0.05) is 18.4 Å². The summed E-state index contributed by atoms with van der Waals surface area (Å²) in [5.74, 6) is 0. The van der Waals surface area contributed by atoms with Gasteiger partial charge in [0.1, 0.15) is 6.04 Å². The molecule has 2 heterocycles. The van der Waals surface area contributed by atoms with Crippen LogP contribution in [0.15, 0.2) is 24.4 Å². The minimum atomic E-state index is 0.0187. The number of hydrogen-bond acceptors (Lipinski definition) is 3. The molecule has 2 N–H and O–H groups in total. The van der Waals surface area contributed by atoms with Crippen LogP contribution >= 0.6 is 0 Å². The van der Waals surface area contributed by atoms with E-state index in [0.717, 1.165) is 17.8 Å². The van der Waals surface area contributed by atoms with Gasteiger partial charge in [0.25, 0.3) is 0 Å². The first-order chi connectivity index (χ1) is 8.69. The largest absolute Gasteiger partial charge is 0.328 e. The standard InChI is InChI=1S/C14H20N4/c1-4-12-10(2)17-18(11(12)3)14(9-15)13-7-5-6-8-16-13/h5-8,14H,4,9,15H2,1-3H3. The van der Waals surface area contributed by atoms with Crippen molar-refractivity contribution in [1.82, 2.24) is 14.8 Å². The zero-order chi connectivity index (χ0) is 13.1. The first-order valence-corrected chi connectivity index (χ1v) is 6.34. The van der Waals surface area contributed by atoms with Gasteiger partial charge in [-0.15, -0.1) is 0 Å². The Morgan fingerprint density at radius 3 is 2.61 bits per heavy atom. The van der Waals surface area contributed by atoms with E-state index in [9.17, 15) is 0 Å². The number of aromatic nitrogens is 3. The Labute approximate surface area is 108 Å². The van der Waals surface area contributed by atoms with Crippen molar-refractivity contribution in [3.8, 4) is 0 Å². The molecule has 4 nitrogen and oxygen atoms in total. The van der Waals surface area contributed by atoms with Crippen LogP contribution in [-0.2, 0) is 6.42 Å².